The molecule has 210 valence electrons. The van der Waals surface area contributed by atoms with Crippen molar-refractivity contribution in [2.75, 3.05) is 62.6 Å². The quantitative estimate of drug-likeness (QED) is 0.461. The highest BCUT2D eigenvalue weighted by Gasteiger charge is 2.28. The molecule has 0 bridgehead atoms. The van der Waals surface area contributed by atoms with Gasteiger partial charge in [0.15, 0.2) is 5.65 Å². The number of carbonyl (C=O) groups is 1. The first-order chi connectivity index (χ1) is 18.6. The highest BCUT2D eigenvalue weighted by atomic mass is 32.2. The molecule has 0 unspecified atom stereocenters. The lowest BCUT2D eigenvalue weighted by molar-refractivity contribution is 0.0819. The predicted molar refractivity (Wildman–Crippen MR) is 148 cm³/mol. The predicted octanol–water partition coefficient (Wildman–Crippen LogP) is 2.08. The molecule has 0 radical (unpaired) electrons. The van der Waals surface area contributed by atoms with Gasteiger partial charge in [-0.2, -0.15) is 5.10 Å². The molecular weight excluding hydrogens is 522 g/mol. The lowest BCUT2D eigenvalue weighted by atomic mass is 10.0. The molecule has 0 spiro atoms. The molecule has 1 N–H and O–H groups in total. The summed E-state index contributed by atoms with van der Waals surface area (Å²) in [6.45, 7) is 8.35. The first kappa shape index (κ1) is 27.3. The van der Waals surface area contributed by atoms with Gasteiger partial charge in [0, 0.05) is 45.6 Å². The molecule has 3 aromatic heterocycles. The number of sulfonamides is 1. The Morgan fingerprint density at radius 2 is 1.85 bits per heavy atom. The Morgan fingerprint density at radius 1 is 1.13 bits per heavy atom. The normalized spacial score (nSPS) is 17.3. The zero-order chi connectivity index (χ0) is 27.7. The molecular formula is C26H35N7O5S. The molecule has 1 amide bonds. The Bertz CT molecular complexity index is 1460. The van der Waals surface area contributed by atoms with E-state index >= 15 is 0 Å². The first-order valence-electron chi connectivity index (χ1n) is 13.2. The maximum atomic E-state index is 13.0. The van der Waals surface area contributed by atoms with Gasteiger partial charge in [0.2, 0.25) is 10.0 Å². The molecule has 5 rings (SSSR count). The molecule has 0 aliphatic carbocycles. The molecule has 0 aromatic carbocycles. The van der Waals surface area contributed by atoms with Gasteiger partial charge < -0.3 is 19.3 Å². The third kappa shape index (κ3) is 5.85. The molecule has 0 atom stereocenters. The molecule has 12 nitrogen and oxygen atoms in total. The highest BCUT2D eigenvalue weighted by molar-refractivity contribution is 7.89. The number of amides is 1. The third-order valence-corrected chi connectivity index (χ3v) is 7.68. The van der Waals surface area contributed by atoms with Crippen molar-refractivity contribution in [2.24, 2.45) is 0 Å². The molecule has 2 saturated heterocycles. The largest absolute Gasteiger partial charge is 0.381 e. The SMILES string of the molecule is COC1CCN(c2cc(C(=O)NS(C)(=O)=O)nc3c2c(C(C)C)nn3-c2ccnc(N3CCOCC3)c2)CC1. The van der Waals surface area contributed by atoms with E-state index in [4.69, 9.17) is 14.6 Å². The number of pyridine rings is 2. The fourth-order valence-corrected chi connectivity index (χ4v) is 5.57. The summed E-state index contributed by atoms with van der Waals surface area (Å²) in [6.07, 6.45) is 4.53. The number of hydrogen-bond donors (Lipinski definition) is 1. The van der Waals surface area contributed by atoms with Crippen LogP contribution in [0.25, 0.3) is 16.7 Å². The number of methoxy groups -OCH3 is 1. The van der Waals surface area contributed by atoms with E-state index in [2.05, 4.69) is 38.3 Å². The van der Waals surface area contributed by atoms with E-state index < -0.39 is 15.9 Å². The lowest BCUT2D eigenvalue weighted by Gasteiger charge is -2.33. The second kappa shape index (κ2) is 11.1. The van der Waals surface area contributed by atoms with Gasteiger partial charge in [0.25, 0.3) is 5.91 Å². The van der Waals surface area contributed by atoms with Gasteiger partial charge in [0.1, 0.15) is 11.5 Å². The van der Waals surface area contributed by atoms with Crippen LogP contribution in [0.3, 0.4) is 0 Å². The summed E-state index contributed by atoms with van der Waals surface area (Å²) in [6, 6.07) is 5.49. The van der Waals surface area contributed by atoms with E-state index in [0.29, 0.717) is 18.9 Å². The summed E-state index contributed by atoms with van der Waals surface area (Å²) in [5.74, 6) is 0.0930. The van der Waals surface area contributed by atoms with Crippen molar-refractivity contribution in [2.45, 2.75) is 38.7 Å². The van der Waals surface area contributed by atoms with Crippen LogP contribution in [0.2, 0.25) is 0 Å². The van der Waals surface area contributed by atoms with Crippen LogP contribution in [0, 0.1) is 0 Å². The number of hydrogen-bond acceptors (Lipinski definition) is 10. The van der Waals surface area contributed by atoms with Crippen molar-refractivity contribution < 1.29 is 22.7 Å². The van der Waals surface area contributed by atoms with Crippen LogP contribution in [-0.4, -0.2) is 92.9 Å². The van der Waals surface area contributed by atoms with Crippen LogP contribution < -0.4 is 14.5 Å². The van der Waals surface area contributed by atoms with Gasteiger partial charge >= 0.3 is 0 Å². The minimum atomic E-state index is -3.78. The zero-order valence-electron chi connectivity index (χ0n) is 22.8. The smallest absolute Gasteiger partial charge is 0.283 e. The molecule has 0 saturated carbocycles. The topological polar surface area (TPSA) is 132 Å². The molecule has 39 heavy (non-hydrogen) atoms. The summed E-state index contributed by atoms with van der Waals surface area (Å²) in [4.78, 5) is 26.7. The summed E-state index contributed by atoms with van der Waals surface area (Å²) in [5.41, 5.74) is 2.91. The van der Waals surface area contributed by atoms with Crippen molar-refractivity contribution in [3.05, 3.63) is 35.8 Å². The first-order valence-corrected chi connectivity index (χ1v) is 15.1. The summed E-state index contributed by atoms with van der Waals surface area (Å²) >= 11 is 0. The number of nitrogens with one attached hydrogen (secondary N) is 1. The number of ether oxygens (including phenoxy) is 2. The lowest BCUT2D eigenvalue weighted by Crippen LogP contribution is -2.37. The van der Waals surface area contributed by atoms with E-state index in [0.717, 1.165) is 73.5 Å². The highest BCUT2D eigenvalue weighted by Crippen LogP contribution is 2.36. The van der Waals surface area contributed by atoms with Crippen LogP contribution >= 0.6 is 0 Å². The maximum Gasteiger partial charge on any atom is 0.283 e. The second-order valence-electron chi connectivity index (χ2n) is 10.3. The fraction of sp³-hybridized carbons (Fsp3) is 0.538. The number of rotatable bonds is 7. The number of nitrogens with zero attached hydrogens (tertiary/aromatic N) is 6. The van der Waals surface area contributed by atoms with E-state index in [9.17, 15) is 13.2 Å². The van der Waals surface area contributed by atoms with Crippen molar-refractivity contribution in [1.29, 1.82) is 0 Å². The van der Waals surface area contributed by atoms with Gasteiger partial charge in [-0.1, -0.05) is 13.8 Å². The average Bonchev–Trinajstić information content (AvgIpc) is 3.32. The number of morpholine rings is 1. The molecule has 2 aliphatic heterocycles. The van der Waals surface area contributed by atoms with Gasteiger partial charge in [0.05, 0.1) is 48.0 Å². The van der Waals surface area contributed by atoms with Gasteiger partial charge in [-0.3, -0.25) is 4.79 Å². The van der Waals surface area contributed by atoms with Crippen molar-refractivity contribution in [3.8, 4) is 5.69 Å². The molecule has 3 aromatic rings. The summed E-state index contributed by atoms with van der Waals surface area (Å²) < 4.78 is 38.6. The van der Waals surface area contributed by atoms with Crippen molar-refractivity contribution in [1.82, 2.24) is 24.5 Å². The van der Waals surface area contributed by atoms with Gasteiger partial charge in [-0.15, -0.1) is 0 Å². The Labute approximate surface area is 228 Å². The number of carbonyl (C=O) groups excluding carboxylic acids is 1. The van der Waals surface area contributed by atoms with E-state index in [1.54, 1.807) is 24.1 Å². The molecule has 5 heterocycles. The van der Waals surface area contributed by atoms with Crippen LogP contribution in [0.15, 0.2) is 24.4 Å². The summed E-state index contributed by atoms with van der Waals surface area (Å²) in [5, 5.41) is 5.84. The van der Waals surface area contributed by atoms with E-state index in [1.165, 1.54) is 0 Å². The number of piperidine rings is 1. The van der Waals surface area contributed by atoms with E-state index in [-0.39, 0.29) is 17.7 Å². The standard InChI is InChI=1S/C26H35N7O5S/c1-17(2)24-23-21(31-9-6-19(37-3)7-10-31)16-20(26(34)30-39(4,35)36)28-25(23)33(29-24)18-5-8-27-22(15-18)32-11-13-38-14-12-32/h5,8,15-17,19H,6-7,9-14H2,1-4H3,(H,30,34). The Balaban J connectivity index is 1.68. The molecule has 2 fully saturated rings. The maximum absolute atomic E-state index is 13.0. The van der Waals surface area contributed by atoms with E-state index in [1.807, 2.05) is 12.1 Å². The third-order valence-electron chi connectivity index (χ3n) is 7.13. The fourth-order valence-electron chi connectivity index (χ4n) is 5.13. The van der Waals surface area contributed by atoms with Crippen LogP contribution in [0.5, 0.6) is 0 Å². The average molecular weight is 558 g/mol. The van der Waals surface area contributed by atoms with Gasteiger partial charge in [-0.25, -0.2) is 27.8 Å². The monoisotopic (exact) mass is 557 g/mol. The second-order valence-corrected chi connectivity index (χ2v) is 12.0. The van der Waals surface area contributed by atoms with Crippen LogP contribution in [0.1, 0.15) is 48.8 Å². The Morgan fingerprint density at radius 3 is 2.49 bits per heavy atom. The van der Waals surface area contributed by atoms with Crippen molar-refractivity contribution in [3.63, 3.8) is 0 Å². The zero-order valence-corrected chi connectivity index (χ0v) is 23.6. The number of aromatic nitrogens is 4. The van der Waals surface area contributed by atoms with Gasteiger partial charge in [-0.05, 0) is 30.9 Å². The van der Waals surface area contributed by atoms with Crippen LogP contribution in [-0.2, 0) is 19.5 Å². The van der Waals surface area contributed by atoms with Crippen LogP contribution in [0.4, 0.5) is 11.5 Å². The minimum absolute atomic E-state index is 0.00991. The van der Waals surface area contributed by atoms with Crippen molar-refractivity contribution >= 4 is 38.5 Å². The Hall–Kier alpha value is -3.29. The molecule has 2 aliphatic rings. The molecule has 13 heteroatoms. The summed E-state index contributed by atoms with van der Waals surface area (Å²) in [7, 11) is -2.06. The Kier molecular flexibility index (Phi) is 7.74. The number of anilines is 2. The minimum Gasteiger partial charge on any atom is -0.381 e. The number of fused-ring (bicyclic) bond motifs is 1.